The predicted octanol–water partition coefficient (Wildman–Crippen LogP) is 13.2. The van der Waals surface area contributed by atoms with Crippen LogP contribution in [0, 0.1) is 17.8 Å². The Morgan fingerprint density at radius 2 is 1.48 bits per heavy atom. The fraction of sp³-hybridized carbons (Fsp3) is 0.200. The van der Waals surface area contributed by atoms with Crippen LogP contribution in [0.25, 0.3) is 38.2 Å². The normalized spacial score (nSPS) is 24.8. The molecule has 58 heavy (non-hydrogen) atoms. The molecule has 1 heterocycles. The highest BCUT2D eigenvalue weighted by Gasteiger charge is 2.34. The molecular weight excluding hydrogens is 703 g/mol. The summed E-state index contributed by atoms with van der Waals surface area (Å²) in [5.41, 5.74) is 13.7. The highest BCUT2D eigenvalue weighted by Crippen LogP contribution is 2.43. The highest BCUT2D eigenvalue weighted by molar-refractivity contribution is 6.12. The highest BCUT2D eigenvalue weighted by atomic mass is 15.1. The lowest BCUT2D eigenvalue weighted by Gasteiger charge is -2.37. The molecule has 0 aromatic heterocycles. The number of amidine groups is 1. The molecule has 0 saturated heterocycles. The fourth-order valence-corrected chi connectivity index (χ4v) is 9.67. The largest absolute Gasteiger partial charge is 0.366 e. The molecule has 0 fully saturated rings. The van der Waals surface area contributed by atoms with E-state index in [1.54, 1.807) is 0 Å². The summed E-state index contributed by atoms with van der Waals surface area (Å²) >= 11 is 0. The minimum atomic E-state index is 0.107. The molecule has 0 radical (unpaired) electrons. The molecule has 1 aliphatic heterocycles. The third kappa shape index (κ3) is 6.79. The molecule has 5 aromatic carbocycles. The number of nitrogens with one attached hydrogen (secondary N) is 1. The summed E-state index contributed by atoms with van der Waals surface area (Å²) in [7, 11) is 0. The van der Waals surface area contributed by atoms with Crippen molar-refractivity contribution in [2.24, 2.45) is 27.7 Å². The molecule has 284 valence electrons. The average Bonchev–Trinajstić information content (AvgIpc) is 3.28. The number of benzene rings is 5. The second-order valence-corrected chi connectivity index (χ2v) is 16.7. The molecular formula is C55H49N3. The van der Waals surface area contributed by atoms with Crippen LogP contribution in [0.15, 0.2) is 203 Å². The molecule has 4 aliphatic carbocycles. The van der Waals surface area contributed by atoms with Gasteiger partial charge in [0.25, 0.3) is 0 Å². The van der Waals surface area contributed by atoms with Gasteiger partial charge in [0.05, 0.1) is 11.8 Å². The first-order valence-electron chi connectivity index (χ1n) is 21.0. The van der Waals surface area contributed by atoms with E-state index in [-0.39, 0.29) is 23.8 Å². The van der Waals surface area contributed by atoms with Crippen molar-refractivity contribution in [1.29, 1.82) is 0 Å². The Kier molecular flexibility index (Phi) is 9.45. The van der Waals surface area contributed by atoms with Crippen molar-refractivity contribution in [3.63, 3.8) is 0 Å². The number of hydrogen-bond donors (Lipinski definition) is 1. The molecule has 0 saturated carbocycles. The Morgan fingerprint density at radius 1 is 0.741 bits per heavy atom. The van der Waals surface area contributed by atoms with Crippen LogP contribution in [0.3, 0.4) is 0 Å². The van der Waals surface area contributed by atoms with Gasteiger partial charge < -0.3 is 5.32 Å². The quantitative estimate of drug-likeness (QED) is 0.172. The van der Waals surface area contributed by atoms with E-state index < -0.39 is 0 Å². The second kappa shape index (κ2) is 15.2. The van der Waals surface area contributed by atoms with Crippen molar-refractivity contribution in [1.82, 2.24) is 5.32 Å². The molecule has 5 aliphatic rings. The van der Waals surface area contributed by atoms with E-state index in [2.05, 4.69) is 184 Å². The summed E-state index contributed by atoms with van der Waals surface area (Å²) in [4.78, 5) is 10.3. The van der Waals surface area contributed by atoms with Gasteiger partial charge in [0.2, 0.25) is 0 Å². The maximum atomic E-state index is 5.50. The molecule has 4 unspecified atom stereocenters. The Labute approximate surface area is 342 Å². The van der Waals surface area contributed by atoms with Gasteiger partial charge in [0.15, 0.2) is 0 Å². The van der Waals surface area contributed by atoms with E-state index in [9.17, 15) is 0 Å². The van der Waals surface area contributed by atoms with E-state index >= 15 is 0 Å². The fourth-order valence-electron chi connectivity index (χ4n) is 9.67. The molecule has 0 amide bonds. The summed E-state index contributed by atoms with van der Waals surface area (Å²) in [6.45, 7) is 8.65. The van der Waals surface area contributed by atoms with Crippen molar-refractivity contribution in [3.8, 4) is 11.1 Å². The minimum absolute atomic E-state index is 0.107. The van der Waals surface area contributed by atoms with Crippen LogP contribution in [0.4, 0.5) is 0 Å². The van der Waals surface area contributed by atoms with Crippen LogP contribution in [0.1, 0.15) is 55.7 Å². The van der Waals surface area contributed by atoms with Crippen LogP contribution in [0.5, 0.6) is 0 Å². The van der Waals surface area contributed by atoms with Crippen LogP contribution in [-0.4, -0.2) is 17.6 Å². The zero-order chi connectivity index (χ0) is 39.2. The molecule has 0 spiro atoms. The van der Waals surface area contributed by atoms with Crippen LogP contribution in [-0.2, 0) is 6.42 Å². The molecule has 3 heteroatoms. The number of fused-ring (bicyclic) bond motifs is 6. The van der Waals surface area contributed by atoms with Gasteiger partial charge in [-0.05, 0) is 128 Å². The van der Waals surface area contributed by atoms with Crippen molar-refractivity contribution >= 4 is 38.7 Å². The Hall–Kier alpha value is -6.32. The zero-order valence-electron chi connectivity index (χ0n) is 33.4. The van der Waals surface area contributed by atoms with E-state index in [1.165, 1.54) is 60.5 Å². The first-order chi connectivity index (χ1) is 28.5. The van der Waals surface area contributed by atoms with Crippen LogP contribution in [0.2, 0.25) is 0 Å². The predicted molar refractivity (Wildman–Crippen MR) is 246 cm³/mol. The van der Waals surface area contributed by atoms with E-state index in [0.29, 0.717) is 5.92 Å². The lowest BCUT2D eigenvalue weighted by atomic mass is 9.74. The third-order valence-corrected chi connectivity index (χ3v) is 12.8. The van der Waals surface area contributed by atoms with Gasteiger partial charge in [-0.1, -0.05) is 153 Å². The summed E-state index contributed by atoms with van der Waals surface area (Å²) in [6.07, 6.45) is 26.7. The lowest BCUT2D eigenvalue weighted by Crippen LogP contribution is -2.45. The first-order valence-corrected chi connectivity index (χ1v) is 21.0. The molecule has 5 atom stereocenters. The van der Waals surface area contributed by atoms with Crippen molar-refractivity contribution < 1.29 is 0 Å². The van der Waals surface area contributed by atoms with Gasteiger partial charge in [0.1, 0.15) is 5.84 Å². The van der Waals surface area contributed by atoms with Crippen molar-refractivity contribution in [3.05, 3.63) is 210 Å². The van der Waals surface area contributed by atoms with E-state index in [1.807, 2.05) is 6.20 Å². The van der Waals surface area contributed by atoms with E-state index in [4.69, 9.17) is 9.98 Å². The van der Waals surface area contributed by atoms with Gasteiger partial charge in [-0.15, -0.1) is 0 Å². The number of hydrogen-bond acceptors (Lipinski definition) is 3. The van der Waals surface area contributed by atoms with Gasteiger partial charge in [0, 0.05) is 29.7 Å². The summed E-state index contributed by atoms with van der Waals surface area (Å²) in [6, 6.07) is 38.0. The van der Waals surface area contributed by atoms with Gasteiger partial charge in [-0.3, -0.25) is 4.99 Å². The molecule has 0 bridgehead atoms. The molecule has 5 aromatic rings. The zero-order valence-corrected chi connectivity index (χ0v) is 33.4. The maximum Gasteiger partial charge on any atom is 0.110 e. The Bertz CT molecular complexity index is 2780. The number of aliphatic imine (C=N–C) groups is 2. The average molecular weight is 752 g/mol. The molecule has 1 N–H and O–H groups in total. The number of nitrogens with zero attached hydrogens (tertiary/aromatic N) is 2. The SMILES string of the molecule is C=C1CC(C)C=C/C1=N/C=C(\C)C1=CC[C@@H](C2=NC(C3C=CC(c4cc5ccccc5c5ccccc45)=CC3)=CC(C3Cc4ccccc4-c4ccccc43)N2)C=C1. The summed E-state index contributed by atoms with van der Waals surface area (Å²) in [5, 5.41) is 9.21. The molecule has 10 rings (SSSR count). The first kappa shape index (κ1) is 36.0. The standard InChI is InChI=1S/C55H49N3/c1-35-20-29-52(36(2)30-35)56-34-37(3)38-21-27-41(28-22-38)55-57-53(33-54(58-55)51-32-43-13-5-7-15-45(43)47-17-9-11-19-49(47)51)40-25-23-39(24-26-40)50-31-42-12-4-6-14-44(42)46-16-8-10-18-48(46)50/h4-25,27,29,31,33-35,40-41,51,54H,2,26,28,30,32H2,1,3H3,(H,57,58)/b37-34+,56-52-/t35?,40?,41-,51?,54?/m0/s1. The Morgan fingerprint density at radius 3 is 2.29 bits per heavy atom. The number of rotatable bonds is 6. The van der Waals surface area contributed by atoms with Gasteiger partial charge in [-0.2, -0.15) is 0 Å². The number of allylic oxidation sites excluding steroid dienone is 11. The molecule has 3 nitrogen and oxygen atoms in total. The third-order valence-electron chi connectivity index (χ3n) is 12.8. The minimum Gasteiger partial charge on any atom is -0.366 e. The van der Waals surface area contributed by atoms with Crippen molar-refractivity contribution in [2.75, 3.05) is 0 Å². The second-order valence-electron chi connectivity index (χ2n) is 16.7. The van der Waals surface area contributed by atoms with E-state index in [0.717, 1.165) is 54.1 Å². The van der Waals surface area contributed by atoms with Gasteiger partial charge in [-0.25, -0.2) is 4.99 Å². The van der Waals surface area contributed by atoms with Crippen LogP contribution >= 0.6 is 0 Å². The maximum absolute atomic E-state index is 5.50. The smallest absolute Gasteiger partial charge is 0.110 e. The summed E-state index contributed by atoms with van der Waals surface area (Å²) < 4.78 is 0. The lowest BCUT2D eigenvalue weighted by molar-refractivity contribution is 0.532. The Balaban J connectivity index is 0.964. The van der Waals surface area contributed by atoms with Crippen LogP contribution < -0.4 is 5.32 Å². The monoisotopic (exact) mass is 751 g/mol. The van der Waals surface area contributed by atoms with Crippen molar-refractivity contribution in [2.45, 2.75) is 51.5 Å². The summed E-state index contributed by atoms with van der Waals surface area (Å²) in [5.74, 6) is 2.21. The topological polar surface area (TPSA) is 36.8 Å². The van der Waals surface area contributed by atoms with Gasteiger partial charge >= 0.3 is 0 Å².